The second kappa shape index (κ2) is 10.4. The molecule has 0 aromatic rings. The molecule has 3 rings (SSSR count). The number of piperidine rings is 1. The number of nitrogens with one attached hydrogen (secondary N) is 1. The summed E-state index contributed by atoms with van der Waals surface area (Å²) in [6.45, 7) is 4.86. The van der Waals surface area contributed by atoms with Crippen LogP contribution in [-0.2, 0) is 9.47 Å². The molecule has 2 saturated heterocycles. The Balaban J connectivity index is 1.33. The third-order valence-corrected chi connectivity index (χ3v) is 6.02. The van der Waals surface area contributed by atoms with E-state index in [-0.39, 0.29) is 0 Å². The molecule has 1 N–H and O–H groups in total. The SMILES string of the molecule is CN=C(NCC1CCCCC1)N1CCC(OCC2CCCCO2)CC1. The standard InChI is InChI=1S/C20H37N3O2/c1-21-20(22-15-17-7-3-2-4-8-17)23-12-10-18(11-13-23)25-16-19-9-5-6-14-24-19/h17-19H,2-16H2,1H3,(H,21,22). The zero-order valence-electron chi connectivity index (χ0n) is 16.0. The van der Waals surface area contributed by atoms with Crippen molar-refractivity contribution >= 4 is 5.96 Å². The largest absolute Gasteiger partial charge is 0.376 e. The van der Waals surface area contributed by atoms with Crippen LogP contribution in [-0.4, -0.2) is 63.0 Å². The Bertz CT molecular complexity index is 396. The Labute approximate surface area is 153 Å². The lowest BCUT2D eigenvalue weighted by atomic mass is 9.89. The fraction of sp³-hybridized carbons (Fsp3) is 0.950. The lowest BCUT2D eigenvalue weighted by molar-refractivity contribution is -0.0721. The van der Waals surface area contributed by atoms with Gasteiger partial charge in [0.25, 0.3) is 0 Å². The van der Waals surface area contributed by atoms with E-state index in [0.717, 1.165) is 64.0 Å². The number of ether oxygens (including phenoxy) is 2. The summed E-state index contributed by atoms with van der Waals surface area (Å²) in [6, 6.07) is 0. The fourth-order valence-corrected chi connectivity index (χ4v) is 4.38. The molecule has 5 heteroatoms. The first kappa shape index (κ1) is 19.0. The molecular weight excluding hydrogens is 314 g/mol. The van der Waals surface area contributed by atoms with Gasteiger partial charge in [0.05, 0.1) is 18.8 Å². The third-order valence-electron chi connectivity index (χ3n) is 6.02. The number of aliphatic imine (C=N–C) groups is 1. The predicted octanol–water partition coefficient (Wildman–Crippen LogP) is 3.19. The van der Waals surface area contributed by atoms with Crippen molar-refractivity contribution < 1.29 is 9.47 Å². The normalized spacial score (nSPS) is 27.5. The van der Waals surface area contributed by atoms with E-state index in [9.17, 15) is 0 Å². The maximum Gasteiger partial charge on any atom is 0.193 e. The zero-order chi connectivity index (χ0) is 17.3. The summed E-state index contributed by atoms with van der Waals surface area (Å²) in [6.07, 6.45) is 13.5. The Morgan fingerprint density at radius 1 is 1.04 bits per heavy atom. The highest BCUT2D eigenvalue weighted by Gasteiger charge is 2.24. The Morgan fingerprint density at radius 2 is 1.80 bits per heavy atom. The molecule has 1 atom stereocenters. The summed E-state index contributed by atoms with van der Waals surface area (Å²) in [7, 11) is 1.91. The quantitative estimate of drug-likeness (QED) is 0.610. The third kappa shape index (κ3) is 6.14. The average Bonchev–Trinajstić information content (AvgIpc) is 2.69. The molecule has 3 aliphatic rings. The summed E-state index contributed by atoms with van der Waals surface area (Å²) < 4.78 is 11.9. The van der Waals surface area contributed by atoms with Crippen LogP contribution in [0.3, 0.4) is 0 Å². The van der Waals surface area contributed by atoms with Gasteiger partial charge in [-0.1, -0.05) is 19.3 Å². The van der Waals surface area contributed by atoms with Gasteiger partial charge in [-0.3, -0.25) is 4.99 Å². The van der Waals surface area contributed by atoms with Crippen LogP contribution < -0.4 is 5.32 Å². The highest BCUT2D eigenvalue weighted by atomic mass is 16.5. The second-order valence-electron chi connectivity index (χ2n) is 7.94. The van der Waals surface area contributed by atoms with Crippen molar-refractivity contribution in [1.82, 2.24) is 10.2 Å². The van der Waals surface area contributed by atoms with Gasteiger partial charge >= 0.3 is 0 Å². The van der Waals surface area contributed by atoms with Crippen LogP contribution in [0.25, 0.3) is 0 Å². The number of likely N-dealkylation sites (tertiary alicyclic amines) is 1. The minimum atomic E-state index is 0.330. The molecule has 25 heavy (non-hydrogen) atoms. The molecule has 5 nitrogen and oxygen atoms in total. The zero-order valence-corrected chi connectivity index (χ0v) is 16.0. The van der Waals surface area contributed by atoms with Crippen LogP contribution >= 0.6 is 0 Å². The summed E-state index contributed by atoms with van der Waals surface area (Å²) in [5.41, 5.74) is 0. The van der Waals surface area contributed by atoms with E-state index in [1.54, 1.807) is 0 Å². The van der Waals surface area contributed by atoms with Crippen LogP contribution in [0, 0.1) is 5.92 Å². The van der Waals surface area contributed by atoms with E-state index >= 15 is 0 Å². The molecule has 0 radical (unpaired) electrons. The van der Waals surface area contributed by atoms with E-state index in [1.165, 1.54) is 44.9 Å². The van der Waals surface area contributed by atoms with Crippen LogP contribution in [0.5, 0.6) is 0 Å². The topological polar surface area (TPSA) is 46.1 Å². The molecule has 0 bridgehead atoms. The molecule has 0 amide bonds. The molecule has 3 fully saturated rings. The van der Waals surface area contributed by atoms with Crippen molar-refractivity contribution in [3.05, 3.63) is 0 Å². The van der Waals surface area contributed by atoms with Gasteiger partial charge in [0.1, 0.15) is 0 Å². The molecular formula is C20H37N3O2. The smallest absolute Gasteiger partial charge is 0.193 e. The Hall–Kier alpha value is -0.810. The van der Waals surface area contributed by atoms with Crippen molar-refractivity contribution in [3.63, 3.8) is 0 Å². The molecule has 1 aliphatic carbocycles. The maximum absolute atomic E-state index is 6.13. The van der Waals surface area contributed by atoms with Crippen LogP contribution in [0.4, 0.5) is 0 Å². The van der Waals surface area contributed by atoms with Crippen LogP contribution in [0.15, 0.2) is 4.99 Å². The summed E-state index contributed by atoms with van der Waals surface area (Å²) in [5.74, 6) is 1.92. The lowest BCUT2D eigenvalue weighted by Gasteiger charge is -2.35. The number of hydrogen-bond donors (Lipinski definition) is 1. The minimum absolute atomic E-state index is 0.330. The van der Waals surface area contributed by atoms with Crippen molar-refractivity contribution in [1.29, 1.82) is 0 Å². The van der Waals surface area contributed by atoms with Crippen molar-refractivity contribution in [3.8, 4) is 0 Å². The van der Waals surface area contributed by atoms with Crippen molar-refractivity contribution in [2.45, 2.75) is 76.4 Å². The van der Waals surface area contributed by atoms with Gasteiger partial charge in [-0.2, -0.15) is 0 Å². The van der Waals surface area contributed by atoms with Gasteiger partial charge < -0.3 is 19.7 Å². The fourth-order valence-electron chi connectivity index (χ4n) is 4.38. The molecule has 0 aromatic carbocycles. The van der Waals surface area contributed by atoms with Gasteiger partial charge in [-0.15, -0.1) is 0 Å². The first-order valence-corrected chi connectivity index (χ1v) is 10.5. The molecule has 2 aliphatic heterocycles. The molecule has 0 aromatic heterocycles. The van der Waals surface area contributed by atoms with Gasteiger partial charge in [0, 0.05) is 33.3 Å². The molecule has 0 spiro atoms. The number of hydrogen-bond acceptors (Lipinski definition) is 3. The number of rotatable bonds is 5. The van der Waals surface area contributed by atoms with E-state index < -0.39 is 0 Å². The van der Waals surface area contributed by atoms with Crippen LogP contribution in [0.1, 0.15) is 64.2 Å². The van der Waals surface area contributed by atoms with Crippen LogP contribution in [0.2, 0.25) is 0 Å². The number of nitrogens with zero attached hydrogens (tertiary/aromatic N) is 2. The average molecular weight is 352 g/mol. The maximum atomic E-state index is 6.13. The van der Waals surface area contributed by atoms with Crippen molar-refractivity contribution in [2.24, 2.45) is 10.9 Å². The van der Waals surface area contributed by atoms with Gasteiger partial charge in [-0.05, 0) is 50.9 Å². The highest BCUT2D eigenvalue weighted by molar-refractivity contribution is 5.79. The minimum Gasteiger partial charge on any atom is -0.376 e. The van der Waals surface area contributed by atoms with Gasteiger partial charge in [0.15, 0.2) is 5.96 Å². The molecule has 144 valence electrons. The Kier molecular flexibility index (Phi) is 7.86. The van der Waals surface area contributed by atoms with Gasteiger partial charge in [0.2, 0.25) is 0 Å². The predicted molar refractivity (Wildman–Crippen MR) is 102 cm³/mol. The summed E-state index contributed by atoms with van der Waals surface area (Å²) in [5, 5.41) is 3.62. The number of guanidine groups is 1. The lowest BCUT2D eigenvalue weighted by Crippen LogP contribution is -2.48. The molecule has 2 heterocycles. The van der Waals surface area contributed by atoms with E-state index in [2.05, 4.69) is 15.2 Å². The Morgan fingerprint density at radius 3 is 2.48 bits per heavy atom. The van der Waals surface area contributed by atoms with E-state index in [1.807, 2.05) is 7.05 Å². The van der Waals surface area contributed by atoms with E-state index in [4.69, 9.17) is 9.47 Å². The molecule has 1 saturated carbocycles. The highest BCUT2D eigenvalue weighted by Crippen LogP contribution is 2.23. The van der Waals surface area contributed by atoms with Gasteiger partial charge in [-0.25, -0.2) is 0 Å². The summed E-state index contributed by atoms with van der Waals surface area (Å²) in [4.78, 5) is 6.91. The monoisotopic (exact) mass is 351 g/mol. The van der Waals surface area contributed by atoms with E-state index in [0.29, 0.717) is 12.2 Å². The summed E-state index contributed by atoms with van der Waals surface area (Å²) >= 11 is 0. The van der Waals surface area contributed by atoms with Crippen molar-refractivity contribution in [2.75, 3.05) is 39.9 Å². The first-order valence-electron chi connectivity index (χ1n) is 10.5. The second-order valence-corrected chi connectivity index (χ2v) is 7.94. The first-order chi connectivity index (χ1) is 12.3. The molecule has 1 unspecified atom stereocenters.